The quantitative estimate of drug-likeness (QED) is 0.382. The molecule has 1 atom stereocenters. The third-order valence-corrected chi connectivity index (χ3v) is 4.38. The lowest BCUT2D eigenvalue weighted by atomic mass is 10.1. The van der Waals surface area contributed by atoms with Crippen LogP contribution in [-0.2, 0) is 11.2 Å². The van der Waals surface area contributed by atoms with E-state index in [2.05, 4.69) is 59.6 Å². The summed E-state index contributed by atoms with van der Waals surface area (Å²) < 4.78 is 5.91. The Kier molecular flexibility index (Phi) is 9.35. The Morgan fingerprint density at radius 2 is 2.00 bits per heavy atom. The van der Waals surface area contributed by atoms with Crippen LogP contribution in [0.4, 0.5) is 0 Å². The number of aromatic nitrogens is 1. The average Bonchev–Trinajstić information content (AvgIpc) is 2.69. The minimum absolute atomic E-state index is 0.116. The van der Waals surface area contributed by atoms with E-state index >= 15 is 0 Å². The van der Waals surface area contributed by atoms with Crippen LogP contribution < -0.4 is 10.6 Å². The van der Waals surface area contributed by atoms with Crippen molar-refractivity contribution in [1.29, 1.82) is 0 Å². The SMILES string of the molecule is CCNC(=NCCCOC(C)c1ccccc1)NCCc1ccncc1C. The largest absolute Gasteiger partial charge is 0.374 e. The molecule has 27 heavy (non-hydrogen) atoms. The van der Waals surface area contributed by atoms with Crippen LogP contribution in [-0.4, -0.2) is 37.2 Å². The Morgan fingerprint density at radius 3 is 2.74 bits per heavy atom. The third kappa shape index (κ3) is 7.79. The number of aryl methyl sites for hydroxylation is 1. The van der Waals surface area contributed by atoms with E-state index in [0.29, 0.717) is 6.61 Å². The van der Waals surface area contributed by atoms with Crippen LogP contribution in [0.25, 0.3) is 0 Å². The maximum absolute atomic E-state index is 5.91. The zero-order chi connectivity index (χ0) is 19.3. The lowest BCUT2D eigenvalue weighted by Crippen LogP contribution is -2.38. The normalized spacial score (nSPS) is 12.6. The molecule has 2 aromatic rings. The van der Waals surface area contributed by atoms with Crippen LogP contribution in [0.3, 0.4) is 0 Å². The zero-order valence-electron chi connectivity index (χ0n) is 16.7. The smallest absolute Gasteiger partial charge is 0.191 e. The summed E-state index contributed by atoms with van der Waals surface area (Å²) in [5, 5.41) is 6.69. The van der Waals surface area contributed by atoms with Crippen LogP contribution in [0.15, 0.2) is 53.8 Å². The molecule has 1 heterocycles. The van der Waals surface area contributed by atoms with Crippen molar-refractivity contribution in [3.63, 3.8) is 0 Å². The first kappa shape index (κ1) is 20.9. The van der Waals surface area contributed by atoms with E-state index in [1.165, 1.54) is 16.7 Å². The molecular weight excluding hydrogens is 336 g/mol. The van der Waals surface area contributed by atoms with Gasteiger partial charge in [0.2, 0.25) is 0 Å². The number of pyridine rings is 1. The number of hydrogen-bond acceptors (Lipinski definition) is 3. The van der Waals surface area contributed by atoms with E-state index in [4.69, 9.17) is 4.74 Å². The summed E-state index contributed by atoms with van der Waals surface area (Å²) >= 11 is 0. The first-order chi connectivity index (χ1) is 13.2. The van der Waals surface area contributed by atoms with Crippen molar-refractivity contribution in [2.75, 3.05) is 26.2 Å². The van der Waals surface area contributed by atoms with E-state index in [1.54, 1.807) is 0 Å². The second-order valence-electron chi connectivity index (χ2n) is 6.52. The topological polar surface area (TPSA) is 58.5 Å². The van der Waals surface area contributed by atoms with Gasteiger partial charge in [0.1, 0.15) is 0 Å². The second-order valence-corrected chi connectivity index (χ2v) is 6.52. The fourth-order valence-electron chi connectivity index (χ4n) is 2.78. The lowest BCUT2D eigenvalue weighted by Gasteiger charge is -2.14. The van der Waals surface area contributed by atoms with Gasteiger partial charge in [0, 0.05) is 38.6 Å². The average molecular weight is 369 g/mol. The zero-order valence-corrected chi connectivity index (χ0v) is 16.7. The maximum atomic E-state index is 5.91. The summed E-state index contributed by atoms with van der Waals surface area (Å²) in [6.07, 6.45) is 5.72. The fraction of sp³-hybridized carbons (Fsp3) is 0.455. The molecule has 0 bridgehead atoms. The standard InChI is InChI=1S/C22H32N4O/c1-4-24-22(26-15-12-20-11-14-23-17-18(20)2)25-13-8-16-27-19(3)21-9-6-5-7-10-21/h5-7,9-11,14,17,19H,4,8,12-13,15-16H2,1-3H3,(H2,24,25,26). The molecule has 0 saturated heterocycles. The van der Waals surface area contributed by atoms with Gasteiger partial charge >= 0.3 is 0 Å². The van der Waals surface area contributed by atoms with Gasteiger partial charge in [-0.15, -0.1) is 0 Å². The Morgan fingerprint density at radius 1 is 1.19 bits per heavy atom. The third-order valence-electron chi connectivity index (χ3n) is 4.38. The highest BCUT2D eigenvalue weighted by atomic mass is 16.5. The van der Waals surface area contributed by atoms with Gasteiger partial charge < -0.3 is 15.4 Å². The minimum atomic E-state index is 0.116. The van der Waals surface area contributed by atoms with Gasteiger partial charge in [-0.05, 0) is 56.4 Å². The molecule has 5 nitrogen and oxygen atoms in total. The number of nitrogens with zero attached hydrogens (tertiary/aromatic N) is 2. The van der Waals surface area contributed by atoms with Crippen molar-refractivity contribution in [2.45, 2.75) is 39.7 Å². The molecule has 2 rings (SSSR count). The molecule has 1 aromatic heterocycles. The Labute approximate surface area is 163 Å². The molecule has 0 fully saturated rings. The second kappa shape index (κ2) is 12.1. The Balaban J connectivity index is 1.69. The summed E-state index contributed by atoms with van der Waals surface area (Å²) in [7, 11) is 0. The van der Waals surface area contributed by atoms with E-state index in [9.17, 15) is 0 Å². The van der Waals surface area contributed by atoms with Crippen molar-refractivity contribution < 1.29 is 4.74 Å². The van der Waals surface area contributed by atoms with E-state index < -0.39 is 0 Å². The Bertz CT molecular complexity index is 688. The fourth-order valence-corrected chi connectivity index (χ4v) is 2.78. The van der Waals surface area contributed by atoms with Crippen molar-refractivity contribution in [1.82, 2.24) is 15.6 Å². The van der Waals surface area contributed by atoms with Crippen molar-refractivity contribution in [3.05, 3.63) is 65.5 Å². The monoisotopic (exact) mass is 368 g/mol. The lowest BCUT2D eigenvalue weighted by molar-refractivity contribution is 0.0652. The van der Waals surface area contributed by atoms with E-state index in [0.717, 1.165) is 38.4 Å². The molecule has 1 aromatic carbocycles. The summed E-state index contributed by atoms with van der Waals surface area (Å²) in [5.74, 6) is 0.861. The molecule has 2 N–H and O–H groups in total. The molecule has 0 aliphatic heterocycles. The number of ether oxygens (including phenoxy) is 1. The van der Waals surface area contributed by atoms with Gasteiger partial charge in [-0.25, -0.2) is 0 Å². The first-order valence-electron chi connectivity index (χ1n) is 9.79. The molecule has 0 saturated carbocycles. The number of guanidine groups is 1. The van der Waals surface area contributed by atoms with Gasteiger partial charge in [0.25, 0.3) is 0 Å². The van der Waals surface area contributed by atoms with Gasteiger partial charge in [-0.2, -0.15) is 0 Å². The van der Waals surface area contributed by atoms with Crippen molar-refractivity contribution in [2.24, 2.45) is 4.99 Å². The molecule has 146 valence electrons. The molecular formula is C22H32N4O. The highest BCUT2D eigenvalue weighted by Gasteiger charge is 2.04. The van der Waals surface area contributed by atoms with Crippen LogP contribution in [0, 0.1) is 6.92 Å². The molecule has 1 unspecified atom stereocenters. The number of rotatable bonds is 10. The highest BCUT2D eigenvalue weighted by Crippen LogP contribution is 2.15. The predicted molar refractivity (Wildman–Crippen MR) is 112 cm³/mol. The van der Waals surface area contributed by atoms with Crippen LogP contribution in [0.2, 0.25) is 0 Å². The van der Waals surface area contributed by atoms with Crippen LogP contribution in [0.5, 0.6) is 0 Å². The molecule has 0 radical (unpaired) electrons. The van der Waals surface area contributed by atoms with Crippen LogP contribution in [0.1, 0.15) is 43.1 Å². The van der Waals surface area contributed by atoms with Crippen molar-refractivity contribution >= 4 is 5.96 Å². The van der Waals surface area contributed by atoms with Crippen LogP contribution >= 0.6 is 0 Å². The van der Waals surface area contributed by atoms with E-state index in [1.807, 2.05) is 30.6 Å². The van der Waals surface area contributed by atoms with Gasteiger partial charge in [-0.3, -0.25) is 9.98 Å². The first-order valence-corrected chi connectivity index (χ1v) is 9.79. The molecule has 0 aliphatic carbocycles. The summed E-state index contributed by atoms with van der Waals surface area (Å²) in [6.45, 7) is 9.40. The minimum Gasteiger partial charge on any atom is -0.374 e. The van der Waals surface area contributed by atoms with Gasteiger partial charge in [0.15, 0.2) is 5.96 Å². The molecule has 0 aliphatic rings. The highest BCUT2D eigenvalue weighted by molar-refractivity contribution is 5.79. The van der Waals surface area contributed by atoms with E-state index in [-0.39, 0.29) is 6.10 Å². The summed E-state index contributed by atoms with van der Waals surface area (Å²) in [6, 6.07) is 12.4. The number of nitrogens with one attached hydrogen (secondary N) is 2. The molecule has 5 heteroatoms. The number of aliphatic imine (C=N–C) groups is 1. The Hall–Kier alpha value is -2.40. The van der Waals surface area contributed by atoms with Crippen molar-refractivity contribution in [3.8, 4) is 0 Å². The predicted octanol–water partition coefficient (Wildman–Crippen LogP) is 3.66. The van der Waals surface area contributed by atoms with Gasteiger partial charge in [0.05, 0.1) is 6.10 Å². The maximum Gasteiger partial charge on any atom is 0.191 e. The summed E-state index contributed by atoms with van der Waals surface area (Å²) in [5.41, 5.74) is 3.75. The number of hydrogen-bond donors (Lipinski definition) is 2. The molecule has 0 spiro atoms. The summed E-state index contributed by atoms with van der Waals surface area (Å²) in [4.78, 5) is 8.78. The van der Waals surface area contributed by atoms with Gasteiger partial charge in [-0.1, -0.05) is 30.3 Å². The molecule has 0 amide bonds. The number of benzene rings is 1.